The molecule has 0 fully saturated rings. The molecule has 164 valence electrons. The Balaban J connectivity index is 2.36. The topological polar surface area (TPSA) is 93.4 Å². The van der Waals surface area contributed by atoms with Gasteiger partial charge >= 0.3 is 0 Å². The number of methoxy groups -OCH3 is 2. The third-order valence-corrected chi connectivity index (χ3v) is 5.58. The van der Waals surface area contributed by atoms with Crippen molar-refractivity contribution >= 4 is 28.9 Å². The van der Waals surface area contributed by atoms with Gasteiger partial charge in [-0.2, -0.15) is 5.26 Å². The fourth-order valence-electron chi connectivity index (χ4n) is 2.97. The first-order valence-corrected chi connectivity index (χ1v) is 10.4. The number of benzene rings is 2. The molecular formula is C23H20FN3O4S. The van der Waals surface area contributed by atoms with Crippen molar-refractivity contribution in [3.63, 3.8) is 0 Å². The number of carbonyl (C=O) groups excluding carboxylic acids is 1. The summed E-state index contributed by atoms with van der Waals surface area (Å²) in [5, 5.41) is 12.3. The first kappa shape index (κ1) is 22.9. The zero-order chi connectivity index (χ0) is 23.1. The van der Waals surface area contributed by atoms with Gasteiger partial charge in [-0.05, 0) is 24.3 Å². The van der Waals surface area contributed by atoms with E-state index in [0.717, 1.165) is 11.3 Å². The second-order valence-electron chi connectivity index (χ2n) is 6.49. The Kier molecular flexibility index (Phi) is 7.54. The van der Waals surface area contributed by atoms with Gasteiger partial charge in [0.05, 0.1) is 23.9 Å². The maximum Gasteiger partial charge on any atom is 0.273 e. The predicted molar refractivity (Wildman–Crippen MR) is 120 cm³/mol. The van der Waals surface area contributed by atoms with Gasteiger partial charge in [0, 0.05) is 19.2 Å². The van der Waals surface area contributed by atoms with Crippen LogP contribution in [-0.2, 0) is 9.53 Å². The summed E-state index contributed by atoms with van der Waals surface area (Å²) in [5.41, 5.74) is -0.179. The van der Waals surface area contributed by atoms with E-state index in [1.807, 2.05) is 6.07 Å². The van der Waals surface area contributed by atoms with Crippen LogP contribution in [0.3, 0.4) is 0 Å². The van der Waals surface area contributed by atoms with Crippen LogP contribution >= 0.6 is 11.3 Å². The molecule has 0 aliphatic rings. The summed E-state index contributed by atoms with van der Waals surface area (Å²) < 4.78 is 26.0. The van der Waals surface area contributed by atoms with Crippen LogP contribution in [0, 0.1) is 17.1 Å². The summed E-state index contributed by atoms with van der Waals surface area (Å²) in [7, 11) is 2.94. The number of hydrogen-bond acceptors (Lipinski definition) is 6. The molecule has 0 saturated heterocycles. The number of nitrogens with zero attached hydrogens (tertiary/aromatic N) is 2. The maximum atomic E-state index is 14.2. The van der Waals surface area contributed by atoms with Crippen LogP contribution in [0.15, 0.2) is 53.3 Å². The van der Waals surface area contributed by atoms with E-state index < -0.39 is 17.3 Å². The Morgan fingerprint density at radius 2 is 1.94 bits per heavy atom. The fraction of sp³-hybridized carbons (Fsp3) is 0.174. The fourth-order valence-corrected chi connectivity index (χ4v) is 4.05. The molecule has 1 heterocycles. The lowest BCUT2D eigenvalue weighted by molar-refractivity contribution is -0.115. The van der Waals surface area contributed by atoms with Crippen LogP contribution in [0.5, 0.6) is 5.75 Å². The van der Waals surface area contributed by atoms with Gasteiger partial charge in [-0.1, -0.05) is 30.3 Å². The van der Waals surface area contributed by atoms with Crippen molar-refractivity contribution in [3.05, 3.63) is 79.5 Å². The highest BCUT2D eigenvalue weighted by Gasteiger charge is 2.18. The van der Waals surface area contributed by atoms with Crippen molar-refractivity contribution in [1.29, 1.82) is 5.26 Å². The Morgan fingerprint density at radius 3 is 2.62 bits per heavy atom. The number of halogens is 1. The van der Waals surface area contributed by atoms with E-state index in [1.165, 1.54) is 37.0 Å². The minimum absolute atomic E-state index is 0.111. The molecule has 1 amide bonds. The first-order valence-electron chi connectivity index (χ1n) is 9.54. The zero-order valence-electron chi connectivity index (χ0n) is 17.4. The van der Waals surface area contributed by atoms with E-state index in [0.29, 0.717) is 11.4 Å². The average Bonchev–Trinajstić information content (AvgIpc) is 3.11. The maximum absolute atomic E-state index is 14.2. The molecule has 7 nitrogen and oxygen atoms in total. The molecule has 0 aliphatic carbocycles. The monoisotopic (exact) mass is 453 g/mol. The Labute approximate surface area is 187 Å². The molecule has 0 saturated carbocycles. The minimum Gasteiger partial charge on any atom is -0.495 e. The lowest BCUT2D eigenvalue weighted by Gasteiger charge is -2.09. The molecule has 2 aromatic carbocycles. The van der Waals surface area contributed by atoms with E-state index in [2.05, 4.69) is 5.32 Å². The molecule has 0 spiro atoms. The van der Waals surface area contributed by atoms with E-state index >= 15 is 0 Å². The number of rotatable bonds is 7. The van der Waals surface area contributed by atoms with Crippen molar-refractivity contribution in [2.45, 2.75) is 0 Å². The molecule has 3 aromatic rings. The summed E-state index contributed by atoms with van der Waals surface area (Å²) in [6, 6.07) is 14.7. The van der Waals surface area contributed by atoms with Gasteiger partial charge in [0.15, 0.2) is 5.57 Å². The van der Waals surface area contributed by atoms with Crippen molar-refractivity contribution in [2.75, 3.05) is 27.4 Å². The summed E-state index contributed by atoms with van der Waals surface area (Å²) >= 11 is 0.925. The quantitative estimate of drug-likeness (QED) is 0.545. The SMILES string of the molecule is COCCNC(=O)/C(C#N)=c1\s/c(=C\c2ccccc2F)c(=O)n1-c1ccccc1OC. The minimum atomic E-state index is -0.646. The average molecular weight is 453 g/mol. The van der Waals surface area contributed by atoms with Gasteiger partial charge in [0.1, 0.15) is 22.3 Å². The predicted octanol–water partition coefficient (Wildman–Crippen LogP) is 1.31. The van der Waals surface area contributed by atoms with Crippen LogP contribution in [0.2, 0.25) is 0 Å². The standard InChI is InChI=1S/C23H20FN3O4S/c1-30-12-11-26-21(28)16(14-25)23-27(18-9-5-6-10-19(18)31-2)22(29)20(32-23)13-15-7-3-4-8-17(15)24/h3-10,13H,11-12H2,1-2H3,(H,26,28)/b20-13-,23-16-. The summed E-state index contributed by atoms with van der Waals surface area (Å²) in [4.78, 5) is 26.1. The summed E-state index contributed by atoms with van der Waals surface area (Å²) in [6.45, 7) is 0.458. The van der Waals surface area contributed by atoms with E-state index in [1.54, 1.807) is 36.4 Å². The molecule has 0 atom stereocenters. The molecule has 9 heteroatoms. The number of para-hydroxylation sites is 2. The number of ether oxygens (including phenoxy) is 2. The van der Waals surface area contributed by atoms with Crippen LogP contribution in [0.25, 0.3) is 17.3 Å². The van der Waals surface area contributed by atoms with Gasteiger partial charge in [-0.15, -0.1) is 11.3 Å². The van der Waals surface area contributed by atoms with Gasteiger partial charge in [-0.3, -0.25) is 14.2 Å². The van der Waals surface area contributed by atoms with E-state index in [9.17, 15) is 19.2 Å². The third-order valence-electron chi connectivity index (χ3n) is 4.49. The molecule has 0 aliphatic heterocycles. The lowest BCUT2D eigenvalue weighted by Crippen LogP contribution is -2.35. The number of aromatic nitrogens is 1. The van der Waals surface area contributed by atoms with Gasteiger partial charge in [0.2, 0.25) is 0 Å². The number of nitriles is 1. The summed E-state index contributed by atoms with van der Waals surface area (Å²) in [5.74, 6) is -0.762. The van der Waals surface area contributed by atoms with E-state index in [4.69, 9.17) is 9.47 Å². The second-order valence-corrected chi connectivity index (χ2v) is 7.52. The molecule has 0 bridgehead atoms. The van der Waals surface area contributed by atoms with Crippen molar-refractivity contribution in [1.82, 2.24) is 9.88 Å². The highest BCUT2D eigenvalue weighted by atomic mass is 32.1. The van der Waals surface area contributed by atoms with E-state index in [-0.39, 0.29) is 33.5 Å². The van der Waals surface area contributed by atoms with Crippen molar-refractivity contribution in [3.8, 4) is 17.5 Å². The van der Waals surface area contributed by atoms with Crippen LogP contribution in [-0.4, -0.2) is 37.8 Å². The number of nitrogens with one attached hydrogen (secondary N) is 1. The van der Waals surface area contributed by atoms with Crippen LogP contribution in [0.1, 0.15) is 5.56 Å². The third kappa shape index (κ3) is 4.77. The number of hydrogen-bond donors (Lipinski definition) is 1. The number of amides is 1. The Morgan fingerprint density at radius 1 is 1.22 bits per heavy atom. The van der Waals surface area contributed by atoms with Crippen LogP contribution < -0.4 is 24.8 Å². The molecule has 1 aromatic heterocycles. The van der Waals surface area contributed by atoms with Crippen molar-refractivity contribution < 1.29 is 18.7 Å². The van der Waals surface area contributed by atoms with Crippen LogP contribution in [0.4, 0.5) is 4.39 Å². The molecule has 32 heavy (non-hydrogen) atoms. The smallest absolute Gasteiger partial charge is 0.273 e. The largest absolute Gasteiger partial charge is 0.495 e. The summed E-state index contributed by atoms with van der Waals surface area (Å²) in [6.07, 6.45) is 1.40. The number of thiazole rings is 1. The second kappa shape index (κ2) is 10.5. The lowest BCUT2D eigenvalue weighted by atomic mass is 10.2. The number of carbonyl (C=O) groups is 1. The Bertz CT molecular complexity index is 1350. The first-order chi connectivity index (χ1) is 15.5. The molecule has 3 rings (SSSR count). The normalized spacial score (nSPS) is 12.2. The Hall–Kier alpha value is -3.74. The molecule has 0 unspecified atom stereocenters. The van der Waals surface area contributed by atoms with Gasteiger partial charge in [0.25, 0.3) is 11.5 Å². The molecular weight excluding hydrogens is 433 g/mol. The van der Waals surface area contributed by atoms with Crippen molar-refractivity contribution in [2.24, 2.45) is 0 Å². The van der Waals surface area contributed by atoms with Gasteiger partial charge < -0.3 is 14.8 Å². The highest BCUT2D eigenvalue weighted by molar-refractivity contribution is 7.07. The molecule has 0 radical (unpaired) electrons. The zero-order valence-corrected chi connectivity index (χ0v) is 18.2. The highest BCUT2D eigenvalue weighted by Crippen LogP contribution is 2.19. The molecule has 1 N–H and O–H groups in total. The van der Waals surface area contributed by atoms with Gasteiger partial charge in [-0.25, -0.2) is 4.39 Å².